The van der Waals surface area contributed by atoms with E-state index in [9.17, 15) is 4.79 Å². The van der Waals surface area contributed by atoms with Crippen molar-refractivity contribution < 1.29 is 9.53 Å². The number of para-hydroxylation sites is 1. The van der Waals surface area contributed by atoms with E-state index in [1.165, 1.54) is 4.88 Å². The van der Waals surface area contributed by atoms with Gasteiger partial charge in [-0.2, -0.15) is 0 Å². The fourth-order valence-corrected chi connectivity index (χ4v) is 4.16. The highest BCUT2D eigenvalue weighted by Gasteiger charge is 2.26. The maximum Gasteiger partial charge on any atom is 0.179 e. The standard InChI is InChI=1S/C16H16O2S2/c1-2-11-7-8-12(20-11)9-13(17)15-10-19-16-6-4-3-5-14(16)18-15/h3-8,15H,2,9-10H2,1H3. The Morgan fingerprint density at radius 3 is 2.85 bits per heavy atom. The Bertz CT molecular complexity index is 618. The van der Waals surface area contributed by atoms with E-state index in [1.54, 1.807) is 23.1 Å². The second-order valence-electron chi connectivity index (χ2n) is 4.73. The number of ketones is 1. The van der Waals surface area contributed by atoms with Gasteiger partial charge in [0.25, 0.3) is 0 Å². The molecule has 1 aromatic carbocycles. The molecule has 3 rings (SSSR count). The van der Waals surface area contributed by atoms with E-state index in [0.717, 1.165) is 21.9 Å². The number of ether oxygens (including phenoxy) is 1. The summed E-state index contributed by atoms with van der Waals surface area (Å²) in [6.07, 6.45) is 1.20. The minimum absolute atomic E-state index is 0.177. The van der Waals surface area contributed by atoms with Crippen molar-refractivity contribution in [2.75, 3.05) is 5.75 Å². The Labute approximate surface area is 127 Å². The molecule has 20 heavy (non-hydrogen) atoms. The molecule has 2 nitrogen and oxygen atoms in total. The molecule has 2 aromatic rings. The smallest absolute Gasteiger partial charge is 0.179 e. The third-order valence-corrected chi connectivity index (χ3v) is 5.63. The SMILES string of the molecule is CCc1ccc(CC(=O)C2CSc3ccccc3O2)s1. The van der Waals surface area contributed by atoms with Crippen LogP contribution >= 0.6 is 23.1 Å². The molecule has 0 N–H and O–H groups in total. The van der Waals surface area contributed by atoms with Gasteiger partial charge >= 0.3 is 0 Å². The molecule has 1 unspecified atom stereocenters. The zero-order chi connectivity index (χ0) is 13.9. The van der Waals surface area contributed by atoms with Crippen LogP contribution in [0.5, 0.6) is 5.75 Å². The Morgan fingerprint density at radius 2 is 2.05 bits per heavy atom. The molecule has 1 atom stereocenters. The number of Topliss-reactive ketones (excluding diaryl/α,β-unsaturated/α-hetero) is 1. The summed E-state index contributed by atoms with van der Waals surface area (Å²) >= 11 is 3.43. The van der Waals surface area contributed by atoms with Crippen LogP contribution in [0.15, 0.2) is 41.3 Å². The van der Waals surface area contributed by atoms with Crippen molar-refractivity contribution in [1.82, 2.24) is 0 Å². The quantitative estimate of drug-likeness (QED) is 0.855. The summed E-state index contributed by atoms with van der Waals surface area (Å²) in [6, 6.07) is 12.1. The van der Waals surface area contributed by atoms with Crippen LogP contribution in [-0.2, 0) is 17.6 Å². The van der Waals surface area contributed by atoms with Crippen molar-refractivity contribution >= 4 is 28.9 Å². The van der Waals surface area contributed by atoms with Crippen LogP contribution in [0.3, 0.4) is 0 Å². The Balaban J connectivity index is 1.67. The van der Waals surface area contributed by atoms with Gasteiger partial charge in [0.15, 0.2) is 11.9 Å². The lowest BCUT2D eigenvalue weighted by Crippen LogP contribution is -2.33. The Hall–Kier alpha value is -1.26. The number of fused-ring (bicyclic) bond motifs is 1. The second kappa shape index (κ2) is 6.02. The number of hydrogen-bond donors (Lipinski definition) is 0. The molecule has 4 heteroatoms. The molecule has 1 aliphatic rings. The van der Waals surface area contributed by atoms with E-state index in [-0.39, 0.29) is 11.9 Å². The van der Waals surface area contributed by atoms with Crippen molar-refractivity contribution in [2.45, 2.75) is 30.8 Å². The first kappa shape index (κ1) is 13.7. The number of rotatable bonds is 4. The number of carbonyl (C=O) groups excluding carboxylic acids is 1. The molecule has 0 radical (unpaired) electrons. The normalized spacial score (nSPS) is 17.4. The molecule has 104 valence electrons. The summed E-state index contributed by atoms with van der Waals surface area (Å²) in [4.78, 5) is 15.9. The summed E-state index contributed by atoms with van der Waals surface area (Å²) in [6.45, 7) is 2.13. The molecule has 0 spiro atoms. The molecule has 0 amide bonds. The molecule has 0 aliphatic carbocycles. The number of aryl methyl sites for hydroxylation is 1. The van der Waals surface area contributed by atoms with Crippen LogP contribution < -0.4 is 4.74 Å². The zero-order valence-electron chi connectivity index (χ0n) is 11.3. The minimum atomic E-state index is -0.318. The lowest BCUT2D eigenvalue weighted by atomic mass is 10.1. The predicted octanol–water partition coefficient (Wildman–Crippen LogP) is 3.98. The van der Waals surface area contributed by atoms with Crippen molar-refractivity contribution in [3.63, 3.8) is 0 Å². The molecular formula is C16H16O2S2. The van der Waals surface area contributed by atoms with Crippen LogP contribution in [0, 0.1) is 0 Å². The summed E-state index contributed by atoms with van der Waals surface area (Å²) in [5.41, 5.74) is 0. The van der Waals surface area contributed by atoms with Gasteiger partial charge in [-0.25, -0.2) is 0 Å². The molecule has 1 aliphatic heterocycles. The first-order valence-corrected chi connectivity index (χ1v) is 8.55. The number of benzene rings is 1. The largest absolute Gasteiger partial charge is 0.481 e. The highest BCUT2D eigenvalue weighted by atomic mass is 32.2. The number of hydrogen-bond acceptors (Lipinski definition) is 4. The van der Waals surface area contributed by atoms with Gasteiger partial charge in [0, 0.05) is 26.8 Å². The minimum Gasteiger partial charge on any atom is -0.481 e. The van der Waals surface area contributed by atoms with Crippen LogP contribution in [0.4, 0.5) is 0 Å². The number of carbonyl (C=O) groups is 1. The van der Waals surface area contributed by atoms with Crippen LogP contribution in [0.25, 0.3) is 0 Å². The molecule has 0 bridgehead atoms. The topological polar surface area (TPSA) is 26.3 Å². The second-order valence-corrected chi connectivity index (χ2v) is 7.04. The zero-order valence-corrected chi connectivity index (χ0v) is 12.9. The maximum atomic E-state index is 12.3. The van der Waals surface area contributed by atoms with Crippen LogP contribution in [0.2, 0.25) is 0 Å². The van der Waals surface area contributed by atoms with Crippen LogP contribution in [0.1, 0.15) is 16.7 Å². The van der Waals surface area contributed by atoms with E-state index in [1.807, 2.05) is 24.3 Å². The number of thiophene rings is 1. The third-order valence-electron chi connectivity index (χ3n) is 3.28. The molecule has 1 aromatic heterocycles. The Kier molecular flexibility index (Phi) is 4.13. The van der Waals surface area contributed by atoms with Gasteiger partial charge in [-0.1, -0.05) is 19.1 Å². The third kappa shape index (κ3) is 2.91. The van der Waals surface area contributed by atoms with Gasteiger partial charge in [0.05, 0.1) is 0 Å². The summed E-state index contributed by atoms with van der Waals surface area (Å²) in [7, 11) is 0. The van der Waals surface area contributed by atoms with Crippen LogP contribution in [-0.4, -0.2) is 17.6 Å². The fourth-order valence-electron chi connectivity index (χ4n) is 2.17. The van der Waals surface area contributed by atoms with Crippen molar-refractivity contribution in [2.24, 2.45) is 0 Å². The average molecular weight is 304 g/mol. The monoisotopic (exact) mass is 304 g/mol. The average Bonchev–Trinajstić information content (AvgIpc) is 2.94. The lowest BCUT2D eigenvalue weighted by molar-refractivity contribution is -0.124. The van der Waals surface area contributed by atoms with Gasteiger partial charge in [0.1, 0.15) is 5.75 Å². The maximum absolute atomic E-state index is 12.3. The fraction of sp³-hybridized carbons (Fsp3) is 0.312. The van der Waals surface area contributed by atoms with E-state index in [2.05, 4.69) is 19.1 Å². The van der Waals surface area contributed by atoms with Gasteiger partial charge < -0.3 is 4.74 Å². The molecule has 2 heterocycles. The van der Waals surface area contributed by atoms with Crippen molar-refractivity contribution in [3.8, 4) is 5.75 Å². The molecule has 0 saturated heterocycles. The highest BCUT2D eigenvalue weighted by Crippen LogP contribution is 2.35. The highest BCUT2D eigenvalue weighted by molar-refractivity contribution is 7.99. The Morgan fingerprint density at radius 1 is 1.25 bits per heavy atom. The molecule has 0 saturated carbocycles. The first-order chi connectivity index (χ1) is 9.76. The summed E-state index contributed by atoms with van der Waals surface area (Å²) < 4.78 is 5.83. The van der Waals surface area contributed by atoms with Gasteiger partial charge in [0.2, 0.25) is 0 Å². The first-order valence-electron chi connectivity index (χ1n) is 6.75. The number of thioether (sulfide) groups is 1. The van der Waals surface area contributed by atoms with Crippen molar-refractivity contribution in [1.29, 1.82) is 0 Å². The van der Waals surface area contributed by atoms with E-state index < -0.39 is 0 Å². The van der Waals surface area contributed by atoms with Gasteiger partial charge in [-0.15, -0.1) is 23.1 Å². The van der Waals surface area contributed by atoms with E-state index in [0.29, 0.717) is 12.2 Å². The predicted molar refractivity (Wildman–Crippen MR) is 84.0 cm³/mol. The lowest BCUT2D eigenvalue weighted by Gasteiger charge is -2.24. The van der Waals surface area contributed by atoms with Gasteiger partial charge in [-0.3, -0.25) is 4.79 Å². The molecule has 0 fully saturated rings. The van der Waals surface area contributed by atoms with Gasteiger partial charge in [-0.05, 0) is 30.7 Å². The van der Waals surface area contributed by atoms with E-state index >= 15 is 0 Å². The summed E-state index contributed by atoms with van der Waals surface area (Å²) in [5.74, 6) is 1.72. The molecular weight excluding hydrogens is 288 g/mol. The van der Waals surface area contributed by atoms with Crippen molar-refractivity contribution in [3.05, 3.63) is 46.2 Å². The van der Waals surface area contributed by atoms with E-state index in [4.69, 9.17) is 4.74 Å². The summed E-state index contributed by atoms with van der Waals surface area (Å²) in [5, 5.41) is 0.